The van der Waals surface area contributed by atoms with Crippen molar-refractivity contribution in [1.29, 1.82) is 0 Å². The Morgan fingerprint density at radius 1 is 1.10 bits per heavy atom. The average molecular weight is 297 g/mol. The normalized spacial score (nSPS) is 10.3. The number of hydrogen-bond acceptors (Lipinski definition) is 2. The second-order valence-corrected chi connectivity index (χ2v) is 4.80. The predicted molar refractivity (Wildman–Crippen MR) is 83.8 cm³/mol. The van der Waals surface area contributed by atoms with E-state index >= 15 is 0 Å². The number of hydrogen-bond donors (Lipinski definition) is 1. The van der Waals surface area contributed by atoms with Gasteiger partial charge in [0, 0.05) is 32.0 Å². The van der Waals surface area contributed by atoms with E-state index < -0.39 is 5.56 Å². The number of aromatic amines is 1. The molecule has 0 aliphatic carbocycles. The monoisotopic (exact) mass is 296 g/mol. The van der Waals surface area contributed by atoms with E-state index in [1.165, 1.54) is 0 Å². The molecule has 0 spiro atoms. The number of pyridine rings is 1. The highest BCUT2D eigenvalue weighted by Gasteiger charge is 2.15. The lowest BCUT2D eigenvalue weighted by Gasteiger charge is -2.11. The molecule has 3 rings (SSSR count). The minimum Gasteiger partial charge on any atom is -0.322 e. The Morgan fingerprint density at radius 2 is 1.81 bits per heavy atom. The highest BCUT2D eigenvalue weighted by molar-refractivity contribution is 6.34. The van der Waals surface area contributed by atoms with Crippen molar-refractivity contribution in [3.8, 4) is 11.1 Å². The highest BCUT2D eigenvalue weighted by Crippen LogP contribution is 2.37. The van der Waals surface area contributed by atoms with Gasteiger partial charge in [-0.05, 0) is 17.7 Å². The van der Waals surface area contributed by atoms with Gasteiger partial charge in [-0.1, -0.05) is 53.1 Å². The molecule has 21 heavy (non-hydrogen) atoms. The van der Waals surface area contributed by atoms with Gasteiger partial charge in [-0.15, -0.1) is 0 Å². The molecule has 0 aliphatic rings. The average Bonchev–Trinajstić information content (AvgIpc) is 2.49. The van der Waals surface area contributed by atoms with Crippen LogP contribution in [0.2, 0.25) is 5.02 Å². The number of para-hydroxylation sites is 1. The van der Waals surface area contributed by atoms with Crippen LogP contribution in [0.1, 0.15) is 0 Å². The number of azide groups is 1. The molecule has 5 nitrogen and oxygen atoms in total. The van der Waals surface area contributed by atoms with Gasteiger partial charge in [0.05, 0.1) is 0 Å². The zero-order valence-corrected chi connectivity index (χ0v) is 11.5. The van der Waals surface area contributed by atoms with Crippen LogP contribution < -0.4 is 5.56 Å². The third-order valence-electron chi connectivity index (χ3n) is 3.18. The van der Waals surface area contributed by atoms with Crippen LogP contribution in [0.25, 0.3) is 32.5 Å². The molecule has 1 aromatic heterocycles. The van der Waals surface area contributed by atoms with Crippen molar-refractivity contribution < 1.29 is 0 Å². The van der Waals surface area contributed by atoms with Crippen LogP contribution >= 0.6 is 11.6 Å². The first kappa shape index (κ1) is 13.2. The number of aromatic nitrogens is 1. The maximum Gasteiger partial charge on any atom is 0.258 e. The van der Waals surface area contributed by atoms with Gasteiger partial charge in [-0.2, -0.15) is 0 Å². The van der Waals surface area contributed by atoms with Gasteiger partial charge in [0.1, 0.15) is 5.69 Å². The Bertz CT molecular complexity index is 942. The summed E-state index contributed by atoms with van der Waals surface area (Å²) in [6.45, 7) is 0. The zero-order valence-electron chi connectivity index (χ0n) is 10.7. The fourth-order valence-corrected chi connectivity index (χ4v) is 2.54. The molecule has 1 heterocycles. The third kappa shape index (κ3) is 2.25. The Labute approximate surface area is 124 Å². The van der Waals surface area contributed by atoms with E-state index in [1.807, 2.05) is 24.3 Å². The summed E-state index contributed by atoms with van der Waals surface area (Å²) in [6, 6.07) is 14.4. The maximum atomic E-state index is 12.2. The van der Waals surface area contributed by atoms with Gasteiger partial charge in [0.25, 0.3) is 5.56 Å². The molecule has 0 fully saturated rings. The van der Waals surface area contributed by atoms with Crippen molar-refractivity contribution in [3.05, 3.63) is 74.4 Å². The number of nitrogens with one attached hydrogen (secondary N) is 1. The molecule has 102 valence electrons. The number of halogens is 1. The number of H-pyrrole nitrogens is 1. The molecule has 0 aliphatic heterocycles. The first-order valence-corrected chi connectivity index (χ1v) is 6.55. The van der Waals surface area contributed by atoms with Crippen LogP contribution in [0, 0.1) is 0 Å². The minimum atomic E-state index is -0.443. The second kappa shape index (κ2) is 5.32. The van der Waals surface area contributed by atoms with Crippen molar-refractivity contribution in [2.45, 2.75) is 0 Å². The lowest BCUT2D eigenvalue weighted by molar-refractivity contribution is 1.27. The topological polar surface area (TPSA) is 81.6 Å². The first-order valence-electron chi connectivity index (χ1n) is 6.17. The summed E-state index contributed by atoms with van der Waals surface area (Å²) >= 11 is 6.24. The van der Waals surface area contributed by atoms with E-state index in [2.05, 4.69) is 15.0 Å². The molecule has 0 amide bonds. The van der Waals surface area contributed by atoms with Gasteiger partial charge >= 0.3 is 0 Å². The van der Waals surface area contributed by atoms with Crippen molar-refractivity contribution >= 4 is 28.2 Å². The summed E-state index contributed by atoms with van der Waals surface area (Å²) in [5, 5.41) is 4.81. The number of benzene rings is 2. The summed E-state index contributed by atoms with van der Waals surface area (Å²) in [7, 11) is 0. The van der Waals surface area contributed by atoms with Gasteiger partial charge in [-0.3, -0.25) is 4.79 Å². The van der Waals surface area contributed by atoms with Gasteiger partial charge in [0.2, 0.25) is 0 Å². The lowest BCUT2D eigenvalue weighted by atomic mass is 9.99. The van der Waals surface area contributed by atoms with Crippen molar-refractivity contribution in [2.24, 2.45) is 5.11 Å². The molecule has 0 bridgehead atoms. The summed E-state index contributed by atoms with van der Waals surface area (Å²) in [5.74, 6) is 0. The van der Waals surface area contributed by atoms with Crippen LogP contribution in [0.3, 0.4) is 0 Å². The van der Waals surface area contributed by atoms with Crippen molar-refractivity contribution in [3.63, 3.8) is 0 Å². The van der Waals surface area contributed by atoms with E-state index in [4.69, 9.17) is 17.1 Å². The molecule has 0 saturated heterocycles. The molecular formula is C15H9ClN4O. The Balaban J connectivity index is 2.54. The molecule has 2 aromatic carbocycles. The SMILES string of the molecule is [N-]=[N+]=Nc1c(-c2ccccc2Cl)c2ccccc2[nH]c1=O. The molecule has 0 saturated carbocycles. The molecule has 0 unspecified atom stereocenters. The minimum absolute atomic E-state index is 0.0179. The summed E-state index contributed by atoms with van der Waals surface area (Å²) < 4.78 is 0. The van der Waals surface area contributed by atoms with Gasteiger partial charge in [0.15, 0.2) is 0 Å². The third-order valence-corrected chi connectivity index (χ3v) is 3.51. The smallest absolute Gasteiger partial charge is 0.258 e. The fourth-order valence-electron chi connectivity index (χ4n) is 2.31. The van der Waals surface area contributed by atoms with Crippen LogP contribution in [0.5, 0.6) is 0 Å². The number of fused-ring (bicyclic) bond motifs is 1. The molecule has 1 N–H and O–H groups in total. The van der Waals surface area contributed by atoms with E-state index in [1.54, 1.807) is 24.3 Å². The number of rotatable bonds is 2. The van der Waals surface area contributed by atoms with Crippen LogP contribution in [-0.4, -0.2) is 4.98 Å². The Morgan fingerprint density at radius 3 is 2.57 bits per heavy atom. The van der Waals surface area contributed by atoms with Gasteiger partial charge in [-0.25, -0.2) is 0 Å². The van der Waals surface area contributed by atoms with Crippen LogP contribution in [0.4, 0.5) is 5.69 Å². The number of nitrogens with zero attached hydrogens (tertiary/aromatic N) is 3. The van der Waals surface area contributed by atoms with Gasteiger partial charge < -0.3 is 4.98 Å². The highest BCUT2D eigenvalue weighted by atomic mass is 35.5. The summed E-state index contributed by atoms with van der Waals surface area (Å²) in [5.41, 5.74) is 10.2. The van der Waals surface area contributed by atoms with Crippen molar-refractivity contribution in [2.75, 3.05) is 0 Å². The molecule has 3 aromatic rings. The molecule has 0 atom stereocenters. The first-order chi connectivity index (χ1) is 10.2. The fraction of sp³-hybridized carbons (Fsp3) is 0. The quantitative estimate of drug-likeness (QED) is 0.411. The van der Waals surface area contributed by atoms with Crippen LogP contribution in [-0.2, 0) is 0 Å². The predicted octanol–water partition coefficient (Wildman–Crippen LogP) is 4.79. The largest absolute Gasteiger partial charge is 0.322 e. The molecular weight excluding hydrogens is 288 g/mol. The van der Waals surface area contributed by atoms with E-state index in [0.717, 1.165) is 5.39 Å². The lowest BCUT2D eigenvalue weighted by Crippen LogP contribution is -2.06. The Hall–Kier alpha value is -2.75. The van der Waals surface area contributed by atoms with E-state index in [-0.39, 0.29) is 5.69 Å². The Kier molecular flexibility index (Phi) is 3.36. The maximum absolute atomic E-state index is 12.2. The molecule has 6 heteroatoms. The summed E-state index contributed by atoms with van der Waals surface area (Å²) in [4.78, 5) is 17.6. The van der Waals surface area contributed by atoms with E-state index in [9.17, 15) is 4.79 Å². The van der Waals surface area contributed by atoms with Crippen LogP contribution in [0.15, 0.2) is 58.4 Å². The zero-order chi connectivity index (χ0) is 14.8. The standard InChI is InChI=1S/C15H9ClN4O/c16-11-7-3-1-5-9(11)13-10-6-2-4-8-12(10)18-15(21)14(13)19-20-17/h1-8H,(H,18,21). The second-order valence-electron chi connectivity index (χ2n) is 4.39. The van der Waals surface area contributed by atoms with Crippen molar-refractivity contribution in [1.82, 2.24) is 4.98 Å². The molecule has 0 radical (unpaired) electrons. The van der Waals surface area contributed by atoms with E-state index in [0.29, 0.717) is 21.7 Å². The summed E-state index contributed by atoms with van der Waals surface area (Å²) in [6.07, 6.45) is 0.